The first-order valence-corrected chi connectivity index (χ1v) is 6.74. The van der Waals surface area contributed by atoms with Crippen molar-refractivity contribution in [1.82, 2.24) is 15.3 Å². The highest BCUT2D eigenvalue weighted by molar-refractivity contribution is 5.60. The van der Waals surface area contributed by atoms with Crippen molar-refractivity contribution in [1.29, 1.82) is 0 Å². The van der Waals surface area contributed by atoms with E-state index in [9.17, 15) is 0 Å². The molecule has 0 aliphatic heterocycles. The van der Waals surface area contributed by atoms with E-state index in [4.69, 9.17) is 0 Å². The van der Waals surface area contributed by atoms with E-state index in [1.54, 1.807) is 0 Å². The van der Waals surface area contributed by atoms with Gasteiger partial charge in [-0.3, -0.25) is 0 Å². The lowest BCUT2D eigenvalue weighted by atomic mass is 10.1. The van der Waals surface area contributed by atoms with Crippen molar-refractivity contribution in [3.05, 3.63) is 46.8 Å². The van der Waals surface area contributed by atoms with Gasteiger partial charge in [-0.1, -0.05) is 31.2 Å². The zero-order valence-corrected chi connectivity index (χ0v) is 12.1. The molecule has 3 nitrogen and oxygen atoms in total. The largest absolute Gasteiger partial charge is 0.313 e. The lowest BCUT2D eigenvalue weighted by Gasteiger charge is -2.12. The smallest absolute Gasteiger partial charge is 0.159 e. The van der Waals surface area contributed by atoms with Gasteiger partial charge in [-0.2, -0.15) is 0 Å². The molecule has 0 bridgehead atoms. The molecule has 0 spiro atoms. The highest BCUT2D eigenvalue weighted by Crippen LogP contribution is 2.21. The third-order valence-corrected chi connectivity index (χ3v) is 3.36. The molecule has 0 aliphatic rings. The average molecular weight is 255 g/mol. The molecule has 1 aromatic carbocycles. The molecule has 0 amide bonds. The predicted molar refractivity (Wildman–Crippen MR) is 79.1 cm³/mol. The van der Waals surface area contributed by atoms with Gasteiger partial charge in [0.05, 0.1) is 0 Å². The fourth-order valence-electron chi connectivity index (χ4n) is 2.19. The van der Waals surface area contributed by atoms with Crippen LogP contribution >= 0.6 is 0 Å². The Morgan fingerprint density at radius 2 is 1.63 bits per heavy atom. The minimum absolute atomic E-state index is 0.827. The van der Waals surface area contributed by atoms with Gasteiger partial charge in [0.25, 0.3) is 0 Å². The number of aryl methyl sites for hydroxylation is 3. The molecule has 1 N–H and O–H groups in total. The molecule has 3 heteroatoms. The van der Waals surface area contributed by atoms with Gasteiger partial charge in [-0.05, 0) is 32.9 Å². The second-order valence-electron chi connectivity index (χ2n) is 4.79. The molecule has 19 heavy (non-hydrogen) atoms. The normalized spacial score (nSPS) is 10.7. The van der Waals surface area contributed by atoms with Gasteiger partial charge in [0.15, 0.2) is 5.82 Å². The van der Waals surface area contributed by atoms with Crippen molar-refractivity contribution >= 4 is 0 Å². The topological polar surface area (TPSA) is 37.8 Å². The summed E-state index contributed by atoms with van der Waals surface area (Å²) in [6.45, 7) is 10.1. The summed E-state index contributed by atoms with van der Waals surface area (Å²) in [5, 5.41) is 3.34. The summed E-state index contributed by atoms with van der Waals surface area (Å²) in [6, 6.07) is 8.24. The molecule has 2 rings (SSSR count). The van der Waals surface area contributed by atoms with E-state index in [2.05, 4.69) is 55.1 Å². The van der Waals surface area contributed by atoms with Crippen LogP contribution in [-0.2, 0) is 6.54 Å². The van der Waals surface area contributed by atoms with E-state index < -0.39 is 0 Å². The number of hydrogen-bond donors (Lipinski definition) is 1. The number of nitrogens with zero attached hydrogens (tertiary/aromatic N) is 2. The molecular weight excluding hydrogens is 234 g/mol. The van der Waals surface area contributed by atoms with Gasteiger partial charge in [0.2, 0.25) is 0 Å². The summed E-state index contributed by atoms with van der Waals surface area (Å²) in [5.74, 6) is 0.827. The molecular formula is C16H21N3. The van der Waals surface area contributed by atoms with Crippen molar-refractivity contribution in [2.75, 3.05) is 6.54 Å². The van der Waals surface area contributed by atoms with Gasteiger partial charge >= 0.3 is 0 Å². The van der Waals surface area contributed by atoms with Crippen molar-refractivity contribution in [3.63, 3.8) is 0 Å². The summed E-state index contributed by atoms with van der Waals surface area (Å²) < 4.78 is 0. The predicted octanol–water partition coefficient (Wildman–Crippen LogP) is 3.18. The lowest BCUT2D eigenvalue weighted by molar-refractivity contribution is 0.711. The van der Waals surface area contributed by atoms with Gasteiger partial charge < -0.3 is 5.32 Å². The second kappa shape index (κ2) is 5.93. The molecule has 0 saturated heterocycles. The number of hydrogen-bond acceptors (Lipinski definition) is 3. The lowest BCUT2D eigenvalue weighted by Crippen LogP contribution is -2.15. The summed E-state index contributed by atoms with van der Waals surface area (Å²) in [7, 11) is 0. The van der Waals surface area contributed by atoms with E-state index in [0.717, 1.165) is 35.9 Å². The van der Waals surface area contributed by atoms with Crippen molar-refractivity contribution in [2.45, 2.75) is 34.2 Å². The standard InChI is InChI=1S/C16H21N3/c1-5-17-10-15-12(3)18-16(19-13(15)4)14-9-7-6-8-11(14)2/h6-9,17H,5,10H2,1-4H3. The van der Waals surface area contributed by atoms with Gasteiger partial charge in [0.1, 0.15) is 0 Å². The Bertz CT molecular complexity index is 553. The zero-order valence-electron chi connectivity index (χ0n) is 12.1. The zero-order chi connectivity index (χ0) is 13.8. The van der Waals surface area contributed by atoms with Crippen LogP contribution in [-0.4, -0.2) is 16.5 Å². The molecule has 0 fully saturated rings. The Balaban J connectivity index is 2.43. The number of nitrogens with one attached hydrogen (secondary N) is 1. The Labute approximate surface area is 115 Å². The maximum atomic E-state index is 4.67. The van der Waals surface area contributed by atoms with Crippen LogP contribution in [0, 0.1) is 20.8 Å². The third kappa shape index (κ3) is 2.99. The maximum absolute atomic E-state index is 4.67. The van der Waals surface area contributed by atoms with Gasteiger partial charge in [0, 0.05) is 29.1 Å². The Morgan fingerprint density at radius 1 is 1.00 bits per heavy atom. The van der Waals surface area contributed by atoms with Crippen LogP contribution in [0.4, 0.5) is 0 Å². The van der Waals surface area contributed by atoms with E-state index in [1.807, 2.05) is 12.1 Å². The Kier molecular flexibility index (Phi) is 4.27. The van der Waals surface area contributed by atoms with Crippen LogP contribution in [0.5, 0.6) is 0 Å². The van der Waals surface area contributed by atoms with Gasteiger partial charge in [-0.15, -0.1) is 0 Å². The number of aromatic nitrogens is 2. The fraction of sp³-hybridized carbons (Fsp3) is 0.375. The first kappa shape index (κ1) is 13.7. The molecule has 100 valence electrons. The van der Waals surface area contributed by atoms with E-state index in [0.29, 0.717) is 0 Å². The summed E-state index contributed by atoms with van der Waals surface area (Å²) in [5.41, 5.74) is 5.65. The SMILES string of the molecule is CCNCc1c(C)nc(-c2ccccc2C)nc1C. The number of benzene rings is 1. The van der Waals surface area contributed by atoms with Crippen LogP contribution in [0.15, 0.2) is 24.3 Å². The molecule has 0 saturated carbocycles. The average Bonchev–Trinajstić information content (AvgIpc) is 2.38. The van der Waals surface area contributed by atoms with Crippen molar-refractivity contribution in [3.8, 4) is 11.4 Å². The van der Waals surface area contributed by atoms with Crippen LogP contribution in [0.3, 0.4) is 0 Å². The fourth-order valence-corrected chi connectivity index (χ4v) is 2.19. The van der Waals surface area contributed by atoms with Crippen molar-refractivity contribution in [2.24, 2.45) is 0 Å². The Hall–Kier alpha value is -1.74. The monoisotopic (exact) mass is 255 g/mol. The minimum atomic E-state index is 0.827. The molecule has 2 aromatic rings. The number of rotatable bonds is 4. The van der Waals surface area contributed by atoms with E-state index in [1.165, 1.54) is 11.1 Å². The van der Waals surface area contributed by atoms with Crippen molar-refractivity contribution < 1.29 is 0 Å². The molecule has 0 atom stereocenters. The summed E-state index contributed by atoms with van der Waals surface area (Å²) in [4.78, 5) is 9.33. The molecule has 0 radical (unpaired) electrons. The van der Waals surface area contributed by atoms with Crippen LogP contribution in [0.25, 0.3) is 11.4 Å². The molecule has 1 aromatic heterocycles. The van der Waals surface area contributed by atoms with E-state index >= 15 is 0 Å². The molecule has 0 unspecified atom stereocenters. The van der Waals surface area contributed by atoms with Crippen LogP contribution < -0.4 is 5.32 Å². The van der Waals surface area contributed by atoms with Crippen LogP contribution in [0.2, 0.25) is 0 Å². The Morgan fingerprint density at radius 3 is 2.21 bits per heavy atom. The third-order valence-electron chi connectivity index (χ3n) is 3.36. The summed E-state index contributed by atoms with van der Waals surface area (Å²) >= 11 is 0. The van der Waals surface area contributed by atoms with Crippen LogP contribution in [0.1, 0.15) is 29.4 Å². The van der Waals surface area contributed by atoms with Gasteiger partial charge in [-0.25, -0.2) is 9.97 Å². The minimum Gasteiger partial charge on any atom is -0.313 e. The summed E-state index contributed by atoms with van der Waals surface area (Å²) in [6.07, 6.45) is 0. The first-order valence-electron chi connectivity index (χ1n) is 6.74. The molecule has 0 aliphatic carbocycles. The maximum Gasteiger partial charge on any atom is 0.159 e. The highest BCUT2D eigenvalue weighted by Gasteiger charge is 2.10. The highest BCUT2D eigenvalue weighted by atomic mass is 14.9. The molecule has 1 heterocycles. The first-order chi connectivity index (χ1) is 9.13. The quantitative estimate of drug-likeness (QED) is 0.911. The second-order valence-corrected chi connectivity index (χ2v) is 4.79. The van der Waals surface area contributed by atoms with E-state index in [-0.39, 0.29) is 0 Å².